The maximum Gasteiger partial charge on any atom is 0.410 e. The minimum atomic E-state index is -0.486. The summed E-state index contributed by atoms with van der Waals surface area (Å²) >= 11 is 0. The van der Waals surface area contributed by atoms with Crippen LogP contribution in [-0.4, -0.2) is 119 Å². The molecule has 0 unspecified atom stereocenters. The van der Waals surface area contributed by atoms with Crippen molar-refractivity contribution in [2.24, 2.45) is 0 Å². The number of halogens is 1. The zero-order valence-corrected chi connectivity index (χ0v) is 36.3. The van der Waals surface area contributed by atoms with E-state index in [4.69, 9.17) is 34.8 Å². The van der Waals surface area contributed by atoms with E-state index in [2.05, 4.69) is 26.1 Å². The highest BCUT2D eigenvalue weighted by atomic mass is 19.1. The van der Waals surface area contributed by atoms with Crippen molar-refractivity contribution in [3.8, 4) is 12.3 Å². The predicted molar refractivity (Wildman–Crippen MR) is 237 cm³/mol. The monoisotopic (exact) mass is 870 g/mol. The third-order valence-corrected chi connectivity index (χ3v) is 10.8. The Bertz CT molecular complexity index is 2210. The van der Waals surface area contributed by atoms with Crippen molar-refractivity contribution in [3.05, 3.63) is 99.3 Å². The second-order valence-electron chi connectivity index (χ2n) is 15.6. The summed E-state index contributed by atoms with van der Waals surface area (Å²) in [7, 11) is 1.69. The molecule has 1 aliphatic heterocycles. The van der Waals surface area contributed by atoms with Crippen molar-refractivity contribution in [3.63, 3.8) is 0 Å². The molecule has 1 saturated carbocycles. The van der Waals surface area contributed by atoms with E-state index in [-0.39, 0.29) is 49.7 Å². The fourth-order valence-corrected chi connectivity index (χ4v) is 7.25. The molecule has 1 atom stereocenters. The molecule has 2 amide bonds. The molecule has 2 fully saturated rings. The van der Waals surface area contributed by atoms with Gasteiger partial charge in [-0.15, -0.1) is 6.42 Å². The van der Waals surface area contributed by atoms with Crippen LogP contribution in [0.25, 0.3) is 10.9 Å². The van der Waals surface area contributed by atoms with Crippen LogP contribution in [0.2, 0.25) is 0 Å². The molecule has 4 aromatic rings. The largest absolute Gasteiger partial charge is 0.445 e. The van der Waals surface area contributed by atoms with Crippen LogP contribution >= 0.6 is 0 Å². The number of aryl methyl sites for hydroxylation is 1. The van der Waals surface area contributed by atoms with Crippen LogP contribution in [0.5, 0.6) is 0 Å². The molecule has 0 spiro atoms. The van der Waals surface area contributed by atoms with Gasteiger partial charge in [-0.25, -0.2) is 9.18 Å². The van der Waals surface area contributed by atoms with Gasteiger partial charge in [0.05, 0.1) is 83.1 Å². The zero-order chi connectivity index (χ0) is 44.4. The number of nitrogens with zero attached hydrogens (tertiary/aromatic N) is 4. The minimum absolute atomic E-state index is 0.0489. The van der Waals surface area contributed by atoms with E-state index in [1.165, 1.54) is 6.07 Å². The van der Waals surface area contributed by atoms with Crippen LogP contribution in [0.15, 0.2) is 65.7 Å². The molecule has 338 valence electrons. The molecule has 2 aromatic heterocycles. The number of aromatic nitrogens is 2. The fourth-order valence-electron chi connectivity index (χ4n) is 7.25. The molecule has 0 bridgehead atoms. The van der Waals surface area contributed by atoms with Gasteiger partial charge in [0, 0.05) is 74.0 Å². The fraction of sp³-hybridized carbons (Fsp3) is 0.489. The van der Waals surface area contributed by atoms with Gasteiger partial charge in [0.25, 0.3) is 0 Å². The van der Waals surface area contributed by atoms with E-state index < -0.39 is 11.9 Å². The third kappa shape index (κ3) is 14.6. The molecule has 1 saturated heterocycles. The molecule has 6 rings (SSSR count). The summed E-state index contributed by atoms with van der Waals surface area (Å²) in [4.78, 5) is 46.9. The maximum absolute atomic E-state index is 15.9. The van der Waals surface area contributed by atoms with Crippen molar-refractivity contribution in [1.82, 2.24) is 19.8 Å². The molecule has 1 aliphatic carbocycles. The van der Waals surface area contributed by atoms with Crippen LogP contribution in [-0.2, 0) is 52.9 Å². The number of anilines is 2. The number of rotatable bonds is 26. The number of fused-ring (bicyclic) bond motifs is 1. The number of hydrogen-bond acceptors (Lipinski definition) is 12. The summed E-state index contributed by atoms with van der Waals surface area (Å²) in [6.07, 6.45) is 11.1. The number of likely N-dealkylation sites (N-methyl/N-ethyl adjacent to an activating group) is 1. The van der Waals surface area contributed by atoms with Gasteiger partial charge >= 0.3 is 6.09 Å². The summed E-state index contributed by atoms with van der Waals surface area (Å²) in [5, 5.41) is 6.58. The number of pyridine rings is 2. The van der Waals surface area contributed by atoms with Crippen molar-refractivity contribution in [2.45, 2.75) is 64.4 Å². The normalized spacial score (nSPS) is 14.8. The maximum atomic E-state index is 15.9. The molecular formula is C47H59FN6O9. The third-order valence-electron chi connectivity index (χ3n) is 10.8. The lowest BCUT2D eigenvalue weighted by Crippen LogP contribution is -2.39. The van der Waals surface area contributed by atoms with Crippen LogP contribution in [0.4, 0.5) is 20.6 Å². The second kappa shape index (κ2) is 24.4. The number of ether oxygens (including phenoxy) is 6. The van der Waals surface area contributed by atoms with Crippen LogP contribution in [0, 0.1) is 25.1 Å². The smallest absolute Gasteiger partial charge is 0.410 e. The van der Waals surface area contributed by atoms with Crippen LogP contribution < -0.4 is 21.0 Å². The lowest BCUT2D eigenvalue weighted by molar-refractivity contribution is -0.117. The van der Waals surface area contributed by atoms with Crippen LogP contribution in [0.3, 0.4) is 0 Å². The molecule has 15 nitrogen and oxygen atoms in total. The quantitative estimate of drug-likeness (QED) is 0.0617. The van der Waals surface area contributed by atoms with E-state index >= 15 is 4.39 Å². The summed E-state index contributed by atoms with van der Waals surface area (Å²) in [6, 6.07) is 14.3. The Morgan fingerprint density at radius 1 is 0.889 bits per heavy atom. The highest BCUT2D eigenvalue weighted by Crippen LogP contribution is 2.38. The van der Waals surface area contributed by atoms with E-state index in [1.807, 2.05) is 30.2 Å². The number of amides is 2. The summed E-state index contributed by atoms with van der Waals surface area (Å²) in [5.74, 6) is 1.74. The topological polar surface area (TPSA) is 155 Å². The molecule has 2 aliphatic rings. The number of carbonyl (C=O) groups is 2. The van der Waals surface area contributed by atoms with E-state index in [0.29, 0.717) is 108 Å². The van der Waals surface area contributed by atoms with Crippen molar-refractivity contribution in [1.29, 1.82) is 0 Å². The van der Waals surface area contributed by atoms with Crippen molar-refractivity contribution >= 4 is 34.3 Å². The van der Waals surface area contributed by atoms with E-state index in [0.717, 1.165) is 35.2 Å². The second-order valence-corrected chi connectivity index (χ2v) is 15.6. The predicted octanol–water partition coefficient (Wildman–Crippen LogP) is 5.36. The number of hydrogen-bond donors (Lipinski definition) is 2. The summed E-state index contributed by atoms with van der Waals surface area (Å²) in [6.45, 7) is 7.90. The minimum Gasteiger partial charge on any atom is -0.445 e. The van der Waals surface area contributed by atoms with E-state index in [1.54, 1.807) is 48.5 Å². The van der Waals surface area contributed by atoms with Crippen LogP contribution in [0.1, 0.15) is 54.1 Å². The Morgan fingerprint density at radius 3 is 2.24 bits per heavy atom. The Kier molecular flexibility index (Phi) is 18.3. The van der Waals surface area contributed by atoms with E-state index in [9.17, 15) is 14.4 Å². The average Bonchev–Trinajstić information content (AvgIpc) is 4.01. The Labute approximate surface area is 368 Å². The van der Waals surface area contributed by atoms with Gasteiger partial charge in [-0.2, -0.15) is 0 Å². The number of nitrogens with one attached hydrogen (secondary N) is 2. The molecule has 2 N–H and O–H groups in total. The van der Waals surface area contributed by atoms with Crippen molar-refractivity contribution < 1.29 is 42.4 Å². The number of terminal acetylenes is 1. The first-order valence-electron chi connectivity index (χ1n) is 21.5. The van der Waals surface area contributed by atoms with Gasteiger partial charge in [-0.05, 0) is 73.7 Å². The molecule has 0 radical (unpaired) electrons. The molecule has 3 heterocycles. The van der Waals surface area contributed by atoms with Gasteiger partial charge in [0.1, 0.15) is 19.0 Å². The standard InChI is InChI=1S/C47H59FN6O9/c1-4-16-58-18-20-60-22-24-62-25-23-61-21-19-59-17-13-45(55)51-38-7-5-35(6-8-38)33-63-47(57)52(3)40-12-15-53(32-40)44-28-43-41(27-42(44)48)46(56)37(31-54(43)39-9-10-39)30-49-29-36-11-14-50-34(2)26-36/h1,5-8,11,14,26-28,31,39-40,49H,9-10,12-13,15-25,29-30,32-33H2,2-3H3,(H,51,55)/t40-/m0/s1. The van der Waals surface area contributed by atoms with Gasteiger partial charge in [-0.3, -0.25) is 14.6 Å². The van der Waals surface area contributed by atoms with Crippen molar-refractivity contribution in [2.75, 3.05) is 96.4 Å². The molecular weight excluding hydrogens is 812 g/mol. The summed E-state index contributed by atoms with van der Waals surface area (Å²) in [5.41, 5.74) is 4.94. The first-order valence-corrected chi connectivity index (χ1v) is 21.5. The highest BCUT2D eigenvalue weighted by Gasteiger charge is 2.32. The molecule has 2 aromatic carbocycles. The van der Waals surface area contributed by atoms with Gasteiger partial charge in [0.15, 0.2) is 5.43 Å². The Morgan fingerprint density at radius 2 is 1.57 bits per heavy atom. The lowest BCUT2D eigenvalue weighted by Gasteiger charge is -2.25. The number of carbonyl (C=O) groups excluding carboxylic acids is 2. The SMILES string of the molecule is C#CCOCCOCCOCCOCCOCCC(=O)Nc1ccc(COC(=O)N(C)[C@H]2CCN(c3cc4c(cc3F)c(=O)c(CNCc3ccnc(C)c3)cn4C3CC3)C2)cc1. The van der Waals surface area contributed by atoms with Gasteiger partial charge < -0.3 is 53.4 Å². The first-order chi connectivity index (χ1) is 30.7. The summed E-state index contributed by atoms with van der Waals surface area (Å²) < 4.78 is 50.5. The zero-order valence-electron chi connectivity index (χ0n) is 36.3. The van der Waals surface area contributed by atoms with Gasteiger partial charge in [-0.1, -0.05) is 18.1 Å². The highest BCUT2D eigenvalue weighted by molar-refractivity contribution is 5.90. The molecule has 63 heavy (non-hydrogen) atoms. The van der Waals surface area contributed by atoms with Gasteiger partial charge in [0.2, 0.25) is 5.91 Å². The Hall–Kier alpha value is -5.41. The lowest BCUT2D eigenvalue weighted by atomic mass is 10.1. The number of benzene rings is 2. The molecule has 16 heteroatoms. The first kappa shape index (κ1) is 47.1. The average molecular weight is 871 g/mol. The Balaban J connectivity index is 0.877.